The average Bonchev–Trinajstić information content (AvgIpc) is 3.05. The van der Waals surface area contributed by atoms with Crippen LogP contribution in [0.15, 0.2) is 54.6 Å². The van der Waals surface area contributed by atoms with Gasteiger partial charge in [-0.05, 0) is 36.8 Å². The number of carbonyl (C=O) groups is 3. The number of benzene rings is 2. The number of non-ortho nitro benzene ring substituents is 1. The number of imide groups is 1. The molecule has 1 fully saturated rings. The smallest absolute Gasteiger partial charge is 0.418 e. The van der Waals surface area contributed by atoms with Crippen molar-refractivity contribution in [2.24, 2.45) is 0 Å². The van der Waals surface area contributed by atoms with Crippen molar-refractivity contribution in [2.75, 3.05) is 6.61 Å². The second kappa shape index (κ2) is 7.87. The Morgan fingerprint density at radius 2 is 1.79 bits per heavy atom. The standard InChI is InChI=1S/C19H16N2O7/c1-2-27-18(23)16-15(12-8-10-14(11-9-12)21(25)26)20(19(24)28-16)17(22)13-6-4-3-5-7-13/h3-11,15-16H,2H2,1H3/t15-,16+/m0/s1. The average molecular weight is 384 g/mol. The zero-order valence-corrected chi connectivity index (χ0v) is 14.8. The van der Waals surface area contributed by atoms with Crippen molar-refractivity contribution in [3.8, 4) is 0 Å². The van der Waals surface area contributed by atoms with Crippen molar-refractivity contribution >= 4 is 23.7 Å². The largest absolute Gasteiger partial charge is 0.463 e. The monoisotopic (exact) mass is 384 g/mol. The Labute approximate surface area is 159 Å². The van der Waals surface area contributed by atoms with Crippen LogP contribution in [0.5, 0.6) is 0 Å². The Balaban J connectivity index is 2.03. The van der Waals surface area contributed by atoms with Gasteiger partial charge < -0.3 is 9.47 Å². The SMILES string of the molecule is CCOC(=O)[C@@H]1OC(=O)N(C(=O)c2ccccc2)[C@H]1c1ccc([N+](=O)[O-])cc1. The highest BCUT2D eigenvalue weighted by atomic mass is 16.6. The number of hydrogen-bond acceptors (Lipinski definition) is 7. The van der Waals surface area contributed by atoms with E-state index in [1.807, 2.05) is 0 Å². The fraction of sp³-hybridized carbons (Fsp3) is 0.211. The third kappa shape index (κ3) is 3.54. The molecule has 0 unspecified atom stereocenters. The van der Waals surface area contributed by atoms with Gasteiger partial charge in [-0.15, -0.1) is 0 Å². The van der Waals surface area contributed by atoms with Crippen LogP contribution in [-0.2, 0) is 14.3 Å². The maximum Gasteiger partial charge on any atom is 0.418 e. The van der Waals surface area contributed by atoms with E-state index in [-0.39, 0.29) is 17.9 Å². The number of rotatable bonds is 5. The molecule has 0 aromatic heterocycles. The lowest BCUT2D eigenvalue weighted by Crippen LogP contribution is -2.37. The number of nitrogens with zero attached hydrogens (tertiary/aromatic N) is 2. The zero-order chi connectivity index (χ0) is 20.3. The molecule has 0 radical (unpaired) electrons. The molecular formula is C19H16N2O7. The van der Waals surface area contributed by atoms with E-state index >= 15 is 0 Å². The van der Waals surface area contributed by atoms with Crippen LogP contribution < -0.4 is 0 Å². The van der Waals surface area contributed by atoms with Gasteiger partial charge in [0.25, 0.3) is 11.6 Å². The van der Waals surface area contributed by atoms with Gasteiger partial charge in [0.15, 0.2) is 0 Å². The lowest BCUT2D eigenvalue weighted by molar-refractivity contribution is -0.384. The fourth-order valence-corrected chi connectivity index (χ4v) is 2.93. The van der Waals surface area contributed by atoms with Crippen molar-refractivity contribution in [2.45, 2.75) is 19.1 Å². The number of carbonyl (C=O) groups excluding carboxylic acids is 3. The van der Waals surface area contributed by atoms with Crippen molar-refractivity contribution in [3.05, 3.63) is 75.8 Å². The van der Waals surface area contributed by atoms with Crippen molar-refractivity contribution in [3.63, 3.8) is 0 Å². The van der Waals surface area contributed by atoms with Gasteiger partial charge in [-0.3, -0.25) is 14.9 Å². The lowest BCUT2D eigenvalue weighted by atomic mass is 9.99. The molecule has 2 atom stereocenters. The van der Waals surface area contributed by atoms with E-state index < -0.39 is 35.0 Å². The topological polar surface area (TPSA) is 116 Å². The molecule has 0 saturated carbocycles. The minimum atomic E-state index is -1.37. The summed E-state index contributed by atoms with van der Waals surface area (Å²) in [6.07, 6.45) is -2.36. The molecule has 0 bridgehead atoms. The van der Waals surface area contributed by atoms with E-state index in [9.17, 15) is 24.5 Å². The molecule has 2 aromatic carbocycles. The third-order valence-corrected chi connectivity index (χ3v) is 4.19. The summed E-state index contributed by atoms with van der Waals surface area (Å²) in [5.74, 6) is -1.46. The first-order chi connectivity index (χ1) is 13.4. The Morgan fingerprint density at radius 1 is 1.14 bits per heavy atom. The maximum atomic E-state index is 12.9. The minimum absolute atomic E-state index is 0.0620. The molecule has 3 rings (SSSR count). The van der Waals surface area contributed by atoms with Gasteiger partial charge in [0.05, 0.1) is 11.5 Å². The summed E-state index contributed by atoms with van der Waals surface area (Å²) in [7, 11) is 0. The quantitative estimate of drug-likeness (QED) is 0.442. The predicted octanol–water partition coefficient (Wildman–Crippen LogP) is 2.86. The molecule has 9 nitrogen and oxygen atoms in total. The molecule has 0 N–H and O–H groups in total. The highest BCUT2D eigenvalue weighted by Crippen LogP contribution is 2.36. The number of nitro benzene ring substituents is 1. The van der Waals surface area contributed by atoms with Gasteiger partial charge >= 0.3 is 12.1 Å². The normalized spacial score (nSPS) is 18.5. The number of esters is 1. The molecule has 0 aliphatic carbocycles. The van der Waals surface area contributed by atoms with Crippen LogP contribution in [0.1, 0.15) is 28.9 Å². The van der Waals surface area contributed by atoms with Crippen LogP contribution in [0.3, 0.4) is 0 Å². The second-order valence-electron chi connectivity index (χ2n) is 5.89. The molecule has 2 aromatic rings. The zero-order valence-electron chi connectivity index (χ0n) is 14.8. The summed E-state index contributed by atoms with van der Waals surface area (Å²) in [6.45, 7) is 1.66. The second-order valence-corrected chi connectivity index (χ2v) is 5.89. The van der Waals surface area contributed by atoms with Crippen LogP contribution in [0.25, 0.3) is 0 Å². The van der Waals surface area contributed by atoms with Gasteiger partial charge in [0.1, 0.15) is 6.04 Å². The predicted molar refractivity (Wildman–Crippen MR) is 95.4 cm³/mol. The lowest BCUT2D eigenvalue weighted by Gasteiger charge is -2.22. The van der Waals surface area contributed by atoms with Crippen LogP contribution in [0, 0.1) is 10.1 Å². The van der Waals surface area contributed by atoms with E-state index in [0.717, 1.165) is 4.90 Å². The summed E-state index contributed by atoms with van der Waals surface area (Å²) in [5, 5.41) is 10.9. The van der Waals surface area contributed by atoms with Gasteiger partial charge in [-0.1, -0.05) is 18.2 Å². The Morgan fingerprint density at radius 3 is 2.36 bits per heavy atom. The van der Waals surface area contributed by atoms with E-state index in [0.29, 0.717) is 5.56 Å². The third-order valence-electron chi connectivity index (χ3n) is 4.19. The molecule has 1 aliphatic heterocycles. The van der Waals surface area contributed by atoms with Crippen LogP contribution in [0.2, 0.25) is 0 Å². The van der Waals surface area contributed by atoms with Crippen molar-refractivity contribution in [1.29, 1.82) is 0 Å². The van der Waals surface area contributed by atoms with Crippen LogP contribution >= 0.6 is 0 Å². The molecule has 28 heavy (non-hydrogen) atoms. The number of ether oxygens (including phenoxy) is 2. The summed E-state index contributed by atoms with van der Waals surface area (Å²) >= 11 is 0. The van der Waals surface area contributed by atoms with Gasteiger partial charge in [-0.25, -0.2) is 14.5 Å². The molecule has 144 valence electrons. The Bertz CT molecular complexity index is 912. The number of nitro groups is 1. The van der Waals surface area contributed by atoms with Gasteiger partial charge in [-0.2, -0.15) is 0 Å². The highest BCUT2D eigenvalue weighted by Gasteiger charge is 2.50. The van der Waals surface area contributed by atoms with E-state index in [4.69, 9.17) is 9.47 Å². The van der Waals surface area contributed by atoms with E-state index in [1.54, 1.807) is 25.1 Å². The Kier molecular flexibility index (Phi) is 5.35. The van der Waals surface area contributed by atoms with E-state index in [2.05, 4.69) is 0 Å². The number of amides is 2. The summed E-state index contributed by atoms with van der Waals surface area (Å²) in [6, 6.07) is 12.1. The summed E-state index contributed by atoms with van der Waals surface area (Å²) < 4.78 is 10.1. The Hall–Kier alpha value is -3.75. The molecule has 1 heterocycles. The van der Waals surface area contributed by atoms with E-state index in [1.165, 1.54) is 36.4 Å². The maximum absolute atomic E-state index is 12.9. The van der Waals surface area contributed by atoms with Crippen LogP contribution in [0.4, 0.5) is 10.5 Å². The van der Waals surface area contributed by atoms with Gasteiger partial charge in [0, 0.05) is 17.7 Å². The first-order valence-corrected chi connectivity index (χ1v) is 8.44. The van der Waals surface area contributed by atoms with Crippen LogP contribution in [-0.4, -0.2) is 40.5 Å². The highest BCUT2D eigenvalue weighted by molar-refractivity contribution is 6.05. The van der Waals surface area contributed by atoms with Crippen molar-refractivity contribution in [1.82, 2.24) is 4.90 Å². The molecule has 0 spiro atoms. The molecule has 1 aliphatic rings. The summed E-state index contributed by atoms with van der Waals surface area (Å²) in [4.78, 5) is 48.8. The molecular weight excluding hydrogens is 368 g/mol. The first-order valence-electron chi connectivity index (χ1n) is 8.44. The van der Waals surface area contributed by atoms with Crippen molar-refractivity contribution < 1.29 is 28.8 Å². The van der Waals surface area contributed by atoms with Gasteiger partial charge in [0.2, 0.25) is 6.10 Å². The fourth-order valence-electron chi connectivity index (χ4n) is 2.93. The number of cyclic esters (lactones) is 1. The summed E-state index contributed by atoms with van der Waals surface area (Å²) in [5.41, 5.74) is 0.400. The molecule has 2 amide bonds. The number of hydrogen-bond donors (Lipinski definition) is 0. The first kappa shape index (κ1) is 19.0. The molecule has 1 saturated heterocycles. The minimum Gasteiger partial charge on any atom is -0.463 e. The molecule has 9 heteroatoms.